The predicted molar refractivity (Wildman–Crippen MR) is 167 cm³/mol. The maximum absolute atomic E-state index is 14.6. The number of nitrogens with zero attached hydrogens (tertiary/aromatic N) is 1. The number of alkyl carbamates (subject to hydrolysis) is 1. The normalized spacial score (nSPS) is 13.4. The van der Waals surface area contributed by atoms with Gasteiger partial charge < -0.3 is 20.3 Å². The Kier molecular flexibility index (Phi) is 11.3. The van der Waals surface area contributed by atoms with Crippen molar-refractivity contribution in [3.05, 3.63) is 107 Å². The minimum Gasteiger partial charge on any atom is -0.444 e. The van der Waals surface area contributed by atoms with Gasteiger partial charge in [0.05, 0.1) is 0 Å². The SMILES string of the molecule is CCC(C)N(C(=O)C(Cc1ccccc1)NC(=O)OC(C)(C)C)C(C(=O)NCc1ccccc1)c1cc(C)cc(C)c1. The van der Waals surface area contributed by atoms with E-state index in [0.717, 1.165) is 27.8 Å². The van der Waals surface area contributed by atoms with Crippen LogP contribution in [0.1, 0.15) is 74.9 Å². The zero-order valence-electron chi connectivity index (χ0n) is 25.9. The summed E-state index contributed by atoms with van der Waals surface area (Å²) >= 11 is 0. The zero-order chi connectivity index (χ0) is 30.9. The van der Waals surface area contributed by atoms with E-state index in [4.69, 9.17) is 4.74 Å². The quantitative estimate of drug-likeness (QED) is 0.278. The maximum atomic E-state index is 14.6. The molecule has 0 aliphatic carbocycles. The summed E-state index contributed by atoms with van der Waals surface area (Å²) in [6.07, 6.45) is 0.179. The molecule has 0 spiro atoms. The molecule has 0 aliphatic rings. The van der Waals surface area contributed by atoms with Crippen molar-refractivity contribution in [2.24, 2.45) is 0 Å². The van der Waals surface area contributed by atoms with Gasteiger partial charge in [0.25, 0.3) is 0 Å². The van der Waals surface area contributed by atoms with E-state index >= 15 is 0 Å². The first-order valence-corrected chi connectivity index (χ1v) is 14.6. The Morgan fingerprint density at radius 1 is 0.857 bits per heavy atom. The highest BCUT2D eigenvalue weighted by molar-refractivity contribution is 5.92. The van der Waals surface area contributed by atoms with Crippen LogP contribution in [0, 0.1) is 13.8 Å². The van der Waals surface area contributed by atoms with Crippen molar-refractivity contribution in [2.45, 2.75) is 91.6 Å². The Bertz CT molecular complexity index is 1320. The lowest BCUT2D eigenvalue weighted by Gasteiger charge is -2.38. The summed E-state index contributed by atoms with van der Waals surface area (Å²) in [5.74, 6) is -0.633. The molecule has 7 heteroatoms. The molecule has 224 valence electrons. The molecule has 3 aromatic rings. The van der Waals surface area contributed by atoms with Crippen LogP contribution in [0.15, 0.2) is 78.9 Å². The van der Waals surface area contributed by atoms with Crippen molar-refractivity contribution in [1.29, 1.82) is 0 Å². The summed E-state index contributed by atoms with van der Waals surface area (Å²) in [6, 6.07) is 23.0. The number of ether oxygens (including phenoxy) is 1. The highest BCUT2D eigenvalue weighted by Crippen LogP contribution is 2.28. The topological polar surface area (TPSA) is 87.7 Å². The number of hydrogen-bond donors (Lipinski definition) is 2. The lowest BCUT2D eigenvalue weighted by atomic mass is 9.95. The number of amides is 3. The minimum absolute atomic E-state index is 0.247. The van der Waals surface area contributed by atoms with Gasteiger partial charge in [0.15, 0.2) is 0 Å². The summed E-state index contributed by atoms with van der Waals surface area (Å²) in [6.45, 7) is 13.5. The monoisotopic (exact) mass is 571 g/mol. The van der Waals surface area contributed by atoms with Crippen LogP contribution in [0.5, 0.6) is 0 Å². The Morgan fingerprint density at radius 2 is 1.40 bits per heavy atom. The lowest BCUT2D eigenvalue weighted by molar-refractivity contribution is -0.145. The molecule has 0 fully saturated rings. The smallest absolute Gasteiger partial charge is 0.408 e. The fourth-order valence-corrected chi connectivity index (χ4v) is 4.96. The minimum atomic E-state index is -0.952. The number of carbonyl (C=O) groups excluding carboxylic acids is 3. The third kappa shape index (κ3) is 9.47. The standard InChI is InChI=1S/C35H45N3O4/c1-8-26(4)38(33(40)30(22-27-15-11-9-12-16-27)37-34(41)42-35(5,6)7)31(29-20-24(2)19-25(3)21-29)32(39)36-23-28-17-13-10-14-18-28/h9-21,26,30-31H,8,22-23H2,1-7H3,(H,36,39)(H,37,41). The maximum Gasteiger partial charge on any atom is 0.408 e. The van der Waals surface area contributed by atoms with Gasteiger partial charge in [-0.1, -0.05) is 96.9 Å². The van der Waals surface area contributed by atoms with E-state index in [-0.39, 0.29) is 24.3 Å². The van der Waals surface area contributed by atoms with Crippen LogP contribution < -0.4 is 10.6 Å². The van der Waals surface area contributed by atoms with Gasteiger partial charge in [-0.3, -0.25) is 9.59 Å². The van der Waals surface area contributed by atoms with Crippen LogP contribution in [0.2, 0.25) is 0 Å². The van der Waals surface area contributed by atoms with Crippen molar-refractivity contribution in [3.8, 4) is 0 Å². The zero-order valence-corrected chi connectivity index (χ0v) is 25.9. The summed E-state index contributed by atoms with van der Waals surface area (Å²) < 4.78 is 5.53. The van der Waals surface area contributed by atoms with Crippen molar-refractivity contribution >= 4 is 17.9 Å². The van der Waals surface area contributed by atoms with E-state index in [1.807, 2.05) is 107 Å². The second-order valence-electron chi connectivity index (χ2n) is 11.9. The van der Waals surface area contributed by atoms with Crippen LogP contribution >= 0.6 is 0 Å². The van der Waals surface area contributed by atoms with Crippen LogP contribution in [0.25, 0.3) is 0 Å². The van der Waals surface area contributed by atoms with Crippen molar-refractivity contribution in [3.63, 3.8) is 0 Å². The number of benzene rings is 3. The van der Waals surface area contributed by atoms with Crippen LogP contribution in [0.4, 0.5) is 4.79 Å². The van der Waals surface area contributed by atoms with E-state index in [1.54, 1.807) is 25.7 Å². The van der Waals surface area contributed by atoms with Gasteiger partial charge in [0.1, 0.15) is 17.7 Å². The van der Waals surface area contributed by atoms with Gasteiger partial charge in [-0.2, -0.15) is 0 Å². The molecule has 3 aromatic carbocycles. The van der Waals surface area contributed by atoms with Crippen LogP contribution in [0.3, 0.4) is 0 Å². The fraction of sp³-hybridized carbons (Fsp3) is 0.400. The van der Waals surface area contributed by atoms with E-state index in [9.17, 15) is 14.4 Å². The summed E-state index contributed by atoms with van der Waals surface area (Å²) in [7, 11) is 0. The van der Waals surface area contributed by atoms with Gasteiger partial charge in [0, 0.05) is 19.0 Å². The number of aryl methyl sites for hydroxylation is 2. The predicted octanol–water partition coefficient (Wildman–Crippen LogP) is 6.42. The van der Waals surface area contributed by atoms with Gasteiger partial charge in [0.2, 0.25) is 11.8 Å². The van der Waals surface area contributed by atoms with Gasteiger partial charge in [-0.15, -0.1) is 0 Å². The molecule has 2 N–H and O–H groups in total. The third-order valence-corrected chi connectivity index (χ3v) is 6.99. The molecule has 7 nitrogen and oxygen atoms in total. The molecule has 0 saturated heterocycles. The average molecular weight is 572 g/mol. The molecule has 3 unspecified atom stereocenters. The molecule has 0 bridgehead atoms. The lowest BCUT2D eigenvalue weighted by Crippen LogP contribution is -2.56. The molecule has 42 heavy (non-hydrogen) atoms. The molecule has 0 radical (unpaired) electrons. The van der Waals surface area contributed by atoms with Crippen LogP contribution in [-0.2, 0) is 27.3 Å². The first kappa shape index (κ1) is 32.4. The van der Waals surface area contributed by atoms with Crippen LogP contribution in [-0.4, -0.2) is 40.5 Å². The Morgan fingerprint density at radius 3 is 1.93 bits per heavy atom. The number of carbonyl (C=O) groups is 3. The second kappa shape index (κ2) is 14.7. The molecule has 3 atom stereocenters. The van der Waals surface area contributed by atoms with Crippen molar-refractivity contribution < 1.29 is 19.1 Å². The first-order valence-electron chi connectivity index (χ1n) is 14.6. The molecule has 0 saturated carbocycles. The van der Waals surface area contributed by atoms with E-state index in [2.05, 4.69) is 10.6 Å². The fourth-order valence-electron chi connectivity index (χ4n) is 4.96. The Hall–Kier alpha value is -4.13. The Labute approximate surface area is 250 Å². The molecule has 0 heterocycles. The highest BCUT2D eigenvalue weighted by atomic mass is 16.6. The van der Waals surface area contributed by atoms with Gasteiger partial charge in [-0.05, 0) is 64.7 Å². The van der Waals surface area contributed by atoms with E-state index < -0.39 is 23.8 Å². The first-order chi connectivity index (χ1) is 19.9. The van der Waals surface area contributed by atoms with E-state index in [1.165, 1.54) is 0 Å². The second-order valence-corrected chi connectivity index (χ2v) is 11.9. The third-order valence-electron chi connectivity index (χ3n) is 6.99. The average Bonchev–Trinajstić information content (AvgIpc) is 2.93. The van der Waals surface area contributed by atoms with Gasteiger partial charge >= 0.3 is 6.09 Å². The summed E-state index contributed by atoms with van der Waals surface area (Å²) in [4.78, 5) is 43.3. The molecule has 0 aliphatic heterocycles. The summed E-state index contributed by atoms with van der Waals surface area (Å²) in [5, 5.41) is 5.89. The summed E-state index contributed by atoms with van der Waals surface area (Å²) in [5.41, 5.74) is 3.82. The van der Waals surface area contributed by atoms with Gasteiger partial charge in [-0.25, -0.2) is 4.79 Å². The molecule has 3 amide bonds. The molecular formula is C35H45N3O4. The number of nitrogens with one attached hydrogen (secondary N) is 2. The van der Waals surface area contributed by atoms with Crippen molar-refractivity contribution in [1.82, 2.24) is 15.5 Å². The number of rotatable bonds is 11. The molecular weight excluding hydrogens is 526 g/mol. The largest absolute Gasteiger partial charge is 0.444 e. The highest BCUT2D eigenvalue weighted by Gasteiger charge is 2.38. The molecule has 3 rings (SSSR count). The van der Waals surface area contributed by atoms with Crippen molar-refractivity contribution in [2.75, 3.05) is 0 Å². The Balaban J connectivity index is 2.06. The van der Waals surface area contributed by atoms with E-state index in [0.29, 0.717) is 13.0 Å². The molecule has 0 aromatic heterocycles. The number of hydrogen-bond acceptors (Lipinski definition) is 4.